The van der Waals surface area contributed by atoms with E-state index >= 15 is 0 Å². The fourth-order valence-corrected chi connectivity index (χ4v) is 4.63. The van der Waals surface area contributed by atoms with Gasteiger partial charge in [0.25, 0.3) is 15.9 Å². The van der Waals surface area contributed by atoms with Gasteiger partial charge in [0.1, 0.15) is 0 Å². The second-order valence-corrected chi connectivity index (χ2v) is 9.56. The molecule has 0 saturated carbocycles. The summed E-state index contributed by atoms with van der Waals surface area (Å²) in [6.07, 6.45) is 0. The molecule has 4 rings (SSSR count). The molecule has 0 aliphatic rings. The first-order chi connectivity index (χ1) is 15.7. The Labute approximate surface area is 191 Å². The van der Waals surface area contributed by atoms with E-state index in [0.717, 1.165) is 15.4 Å². The van der Waals surface area contributed by atoms with E-state index in [4.69, 9.17) is 0 Å². The van der Waals surface area contributed by atoms with Gasteiger partial charge in [-0.2, -0.15) is 0 Å². The SMILES string of the molecule is Cc1ccc(S(=O)(=O)N(C)c2ccc(C(=O)N=Nc3c(O)n(C)c4ccccc34)cc2)cc1. The number of hydrogen-bond acceptors (Lipinski definition) is 5. The van der Waals surface area contributed by atoms with Gasteiger partial charge >= 0.3 is 0 Å². The van der Waals surface area contributed by atoms with Crippen LogP contribution in [0.2, 0.25) is 0 Å². The molecule has 0 radical (unpaired) electrons. The Morgan fingerprint density at radius 2 is 1.61 bits per heavy atom. The minimum Gasteiger partial charge on any atom is -0.493 e. The molecule has 0 saturated heterocycles. The number of fused-ring (bicyclic) bond motifs is 1. The molecule has 0 atom stereocenters. The zero-order valence-corrected chi connectivity index (χ0v) is 19.1. The van der Waals surface area contributed by atoms with Gasteiger partial charge in [-0.25, -0.2) is 8.42 Å². The Morgan fingerprint density at radius 1 is 0.970 bits per heavy atom. The van der Waals surface area contributed by atoms with Crippen LogP contribution in [0.1, 0.15) is 15.9 Å². The number of hydrogen-bond donors (Lipinski definition) is 1. The molecule has 33 heavy (non-hydrogen) atoms. The van der Waals surface area contributed by atoms with E-state index in [1.807, 2.05) is 25.1 Å². The summed E-state index contributed by atoms with van der Waals surface area (Å²) in [4.78, 5) is 12.7. The fraction of sp³-hybridized carbons (Fsp3) is 0.125. The molecule has 8 nitrogen and oxygen atoms in total. The average Bonchev–Trinajstić information content (AvgIpc) is 3.07. The molecular weight excluding hydrogens is 440 g/mol. The molecule has 0 aliphatic carbocycles. The first kappa shape index (κ1) is 22.2. The van der Waals surface area contributed by atoms with Crippen LogP contribution in [-0.4, -0.2) is 31.0 Å². The number of azo groups is 1. The largest absolute Gasteiger partial charge is 0.493 e. The predicted octanol–water partition coefficient (Wildman–Crippen LogP) is 4.94. The van der Waals surface area contributed by atoms with Crippen LogP contribution in [0.3, 0.4) is 0 Å². The zero-order chi connectivity index (χ0) is 23.8. The number of sulfonamides is 1. The van der Waals surface area contributed by atoms with Gasteiger partial charge in [-0.05, 0) is 49.4 Å². The number of rotatable bonds is 5. The Morgan fingerprint density at radius 3 is 2.27 bits per heavy atom. The Balaban J connectivity index is 1.56. The molecule has 0 spiro atoms. The van der Waals surface area contributed by atoms with Gasteiger partial charge in [-0.1, -0.05) is 35.9 Å². The van der Waals surface area contributed by atoms with Crippen molar-refractivity contribution in [3.8, 4) is 5.88 Å². The van der Waals surface area contributed by atoms with Crippen molar-refractivity contribution in [2.75, 3.05) is 11.4 Å². The van der Waals surface area contributed by atoms with Crippen molar-refractivity contribution < 1.29 is 18.3 Å². The highest BCUT2D eigenvalue weighted by molar-refractivity contribution is 7.92. The third kappa shape index (κ3) is 4.10. The summed E-state index contributed by atoms with van der Waals surface area (Å²) < 4.78 is 28.4. The number of aromatic hydroxyl groups is 1. The van der Waals surface area contributed by atoms with Gasteiger partial charge in [0, 0.05) is 25.0 Å². The lowest BCUT2D eigenvalue weighted by Crippen LogP contribution is -2.26. The van der Waals surface area contributed by atoms with Gasteiger partial charge in [0.2, 0.25) is 5.88 Å². The zero-order valence-electron chi connectivity index (χ0n) is 18.3. The second kappa shape index (κ2) is 8.51. The molecule has 0 aliphatic heterocycles. The number of carbonyl (C=O) groups excluding carboxylic acids is 1. The van der Waals surface area contributed by atoms with E-state index in [-0.39, 0.29) is 22.0 Å². The maximum Gasteiger partial charge on any atom is 0.295 e. The van der Waals surface area contributed by atoms with Crippen LogP contribution in [0.5, 0.6) is 5.88 Å². The molecule has 0 unspecified atom stereocenters. The van der Waals surface area contributed by atoms with E-state index in [1.54, 1.807) is 41.9 Å². The monoisotopic (exact) mass is 462 g/mol. The molecule has 9 heteroatoms. The van der Waals surface area contributed by atoms with Crippen molar-refractivity contribution in [3.05, 3.63) is 83.9 Å². The predicted molar refractivity (Wildman–Crippen MR) is 127 cm³/mol. The molecule has 0 fully saturated rings. The second-order valence-electron chi connectivity index (χ2n) is 7.59. The molecule has 1 amide bonds. The van der Waals surface area contributed by atoms with Crippen LogP contribution < -0.4 is 4.31 Å². The number of nitrogens with zero attached hydrogens (tertiary/aromatic N) is 4. The highest BCUT2D eigenvalue weighted by Gasteiger charge is 2.21. The van der Waals surface area contributed by atoms with Crippen LogP contribution in [0.4, 0.5) is 11.4 Å². The van der Waals surface area contributed by atoms with Crippen molar-refractivity contribution in [1.29, 1.82) is 0 Å². The van der Waals surface area contributed by atoms with E-state index in [0.29, 0.717) is 11.1 Å². The molecule has 3 aromatic carbocycles. The number of carbonyl (C=O) groups is 1. The van der Waals surface area contributed by atoms with Crippen LogP contribution in [-0.2, 0) is 17.1 Å². The normalized spacial score (nSPS) is 11.8. The number of anilines is 1. The first-order valence-corrected chi connectivity index (χ1v) is 11.5. The Bertz CT molecular complexity index is 1470. The molecule has 168 valence electrons. The fourth-order valence-electron chi connectivity index (χ4n) is 3.43. The van der Waals surface area contributed by atoms with E-state index in [1.165, 1.54) is 31.3 Å². The minimum atomic E-state index is -3.74. The summed E-state index contributed by atoms with van der Waals surface area (Å²) in [7, 11) is -0.589. The molecule has 1 aromatic heterocycles. The Kier molecular flexibility index (Phi) is 5.73. The minimum absolute atomic E-state index is 0.0916. The smallest absolute Gasteiger partial charge is 0.295 e. The molecule has 1 heterocycles. The average molecular weight is 463 g/mol. The summed E-state index contributed by atoms with van der Waals surface area (Å²) >= 11 is 0. The maximum absolute atomic E-state index is 12.9. The van der Waals surface area contributed by atoms with E-state index in [2.05, 4.69) is 10.2 Å². The molecule has 0 bridgehead atoms. The highest BCUT2D eigenvalue weighted by atomic mass is 32.2. The van der Waals surface area contributed by atoms with E-state index in [9.17, 15) is 18.3 Å². The lowest BCUT2D eigenvalue weighted by molar-refractivity contribution is 0.0995. The number of benzene rings is 3. The summed E-state index contributed by atoms with van der Waals surface area (Å²) in [5.74, 6) is -0.705. The van der Waals surface area contributed by atoms with Crippen molar-refractivity contribution in [2.24, 2.45) is 17.3 Å². The van der Waals surface area contributed by atoms with Gasteiger partial charge in [-0.15, -0.1) is 10.2 Å². The number of amides is 1. The van der Waals surface area contributed by atoms with Gasteiger partial charge in [0.15, 0.2) is 5.69 Å². The molecular formula is C24H22N4O4S. The first-order valence-electron chi connectivity index (χ1n) is 10.1. The van der Waals surface area contributed by atoms with Crippen molar-refractivity contribution in [3.63, 3.8) is 0 Å². The maximum atomic E-state index is 12.9. The van der Waals surface area contributed by atoms with Crippen LogP contribution in [0.25, 0.3) is 10.9 Å². The van der Waals surface area contributed by atoms with Crippen LogP contribution in [0, 0.1) is 6.92 Å². The third-order valence-corrected chi connectivity index (χ3v) is 7.25. The topological polar surface area (TPSA) is 104 Å². The Hall–Kier alpha value is -3.98. The number of aromatic nitrogens is 1. The van der Waals surface area contributed by atoms with Crippen molar-refractivity contribution in [1.82, 2.24) is 4.57 Å². The van der Waals surface area contributed by atoms with Gasteiger partial charge in [0.05, 0.1) is 16.1 Å². The molecule has 1 N–H and O–H groups in total. The van der Waals surface area contributed by atoms with Gasteiger partial charge < -0.3 is 9.67 Å². The van der Waals surface area contributed by atoms with Crippen LogP contribution in [0.15, 0.2) is 87.9 Å². The molecule has 4 aromatic rings. The lowest BCUT2D eigenvalue weighted by atomic mass is 10.2. The lowest BCUT2D eigenvalue weighted by Gasteiger charge is -2.19. The number of aryl methyl sites for hydroxylation is 2. The van der Waals surface area contributed by atoms with E-state index < -0.39 is 15.9 Å². The highest BCUT2D eigenvalue weighted by Crippen LogP contribution is 2.37. The van der Waals surface area contributed by atoms with Crippen molar-refractivity contribution >= 4 is 38.2 Å². The van der Waals surface area contributed by atoms with Crippen LogP contribution >= 0.6 is 0 Å². The standard InChI is InChI=1S/C24H22N4O4S/c1-16-8-14-19(15-9-16)33(31,32)28(3)18-12-10-17(11-13-18)23(29)26-25-22-20-6-4-5-7-21(20)27(2)24(22)30/h4-15,30H,1-3H3. The van der Waals surface area contributed by atoms with Gasteiger partial charge in [-0.3, -0.25) is 9.10 Å². The summed E-state index contributed by atoms with van der Waals surface area (Å²) in [5, 5.41) is 18.7. The summed E-state index contributed by atoms with van der Waals surface area (Å²) in [6.45, 7) is 1.88. The third-order valence-electron chi connectivity index (χ3n) is 5.45. The quantitative estimate of drug-likeness (QED) is 0.424. The number of para-hydroxylation sites is 1. The summed E-state index contributed by atoms with van der Waals surface area (Å²) in [5.41, 5.74) is 2.57. The summed E-state index contributed by atoms with van der Waals surface area (Å²) in [6, 6.07) is 19.9. The van der Waals surface area contributed by atoms with Crippen molar-refractivity contribution in [2.45, 2.75) is 11.8 Å².